The van der Waals surface area contributed by atoms with Crippen LogP contribution in [0.5, 0.6) is 0 Å². The second kappa shape index (κ2) is 9.01. The van der Waals surface area contributed by atoms with E-state index < -0.39 is 0 Å². The maximum atomic E-state index is 13.0. The van der Waals surface area contributed by atoms with Crippen LogP contribution >= 0.6 is 0 Å². The Hall–Kier alpha value is -2.11. The van der Waals surface area contributed by atoms with Crippen molar-refractivity contribution in [3.8, 4) is 0 Å². The summed E-state index contributed by atoms with van der Waals surface area (Å²) in [4.78, 5) is 26.3. The molecule has 3 amide bonds. The third-order valence-electron chi connectivity index (χ3n) is 5.40. The molecule has 5 nitrogen and oxygen atoms in total. The number of piperidine rings is 1. The molecule has 6 heteroatoms. The minimum absolute atomic E-state index is 0.143. The van der Waals surface area contributed by atoms with E-state index in [9.17, 15) is 14.0 Å². The molecule has 1 atom stereocenters. The van der Waals surface area contributed by atoms with Gasteiger partial charge in [0.05, 0.1) is 0 Å². The van der Waals surface area contributed by atoms with Gasteiger partial charge in [-0.05, 0) is 62.3 Å². The lowest BCUT2D eigenvalue weighted by atomic mass is 9.93. The Morgan fingerprint density at radius 3 is 2.54 bits per heavy atom. The SMILES string of the molecule is O=C(CC[C@H]1CCCN(C(=O)Nc2ccc(F)cc2)C1)NC1CCCC1. The van der Waals surface area contributed by atoms with Crippen molar-refractivity contribution in [2.24, 2.45) is 5.92 Å². The van der Waals surface area contributed by atoms with Gasteiger partial charge in [-0.3, -0.25) is 4.79 Å². The lowest BCUT2D eigenvalue weighted by molar-refractivity contribution is -0.122. The van der Waals surface area contributed by atoms with E-state index >= 15 is 0 Å². The highest BCUT2D eigenvalue weighted by Crippen LogP contribution is 2.23. The number of rotatable bonds is 5. The predicted molar refractivity (Wildman–Crippen MR) is 99.3 cm³/mol. The maximum absolute atomic E-state index is 13.0. The summed E-state index contributed by atoms with van der Waals surface area (Å²) < 4.78 is 13.0. The first-order valence-corrected chi connectivity index (χ1v) is 9.71. The normalized spacial score (nSPS) is 20.8. The molecule has 0 aromatic heterocycles. The quantitative estimate of drug-likeness (QED) is 0.835. The van der Waals surface area contributed by atoms with E-state index in [1.807, 2.05) is 0 Å². The standard InChI is InChI=1S/C20H28FN3O2/c21-16-8-10-18(11-9-16)23-20(26)24-13-3-4-15(14-24)7-12-19(25)22-17-5-1-2-6-17/h8-11,15,17H,1-7,12-14H2,(H,22,25)(H,23,26)/t15-/m1/s1. The van der Waals surface area contributed by atoms with Crippen LogP contribution in [0.25, 0.3) is 0 Å². The number of nitrogens with one attached hydrogen (secondary N) is 2. The molecule has 0 bridgehead atoms. The van der Waals surface area contributed by atoms with Gasteiger partial charge in [-0.1, -0.05) is 12.8 Å². The Morgan fingerprint density at radius 2 is 1.81 bits per heavy atom. The Morgan fingerprint density at radius 1 is 1.08 bits per heavy atom. The molecule has 1 heterocycles. The molecular formula is C20H28FN3O2. The molecule has 1 aliphatic heterocycles. The van der Waals surface area contributed by atoms with Crippen molar-refractivity contribution in [3.05, 3.63) is 30.1 Å². The van der Waals surface area contributed by atoms with Crippen LogP contribution < -0.4 is 10.6 Å². The number of likely N-dealkylation sites (tertiary alicyclic amines) is 1. The van der Waals surface area contributed by atoms with Gasteiger partial charge in [-0.25, -0.2) is 9.18 Å². The van der Waals surface area contributed by atoms with Gasteiger partial charge in [-0.2, -0.15) is 0 Å². The van der Waals surface area contributed by atoms with Gasteiger partial charge in [0.15, 0.2) is 0 Å². The van der Waals surface area contributed by atoms with E-state index in [0.717, 1.165) is 38.6 Å². The average Bonchev–Trinajstić information content (AvgIpc) is 3.15. The number of carbonyl (C=O) groups is 2. The Balaban J connectivity index is 1.42. The summed E-state index contributed by atoms with van der Waals surface area (Å²) in [6.07, 6.45) is 7.99. The van der Waals surface area contributed by atoms with Gasteiger partial charge < -0.3 is 15.5 Å². The summed E-state index contributed by atoms with van der Waals surface area (Å²) in [7, 11) is 0. The first kappa shape index (κ1) is 18.7. The van der Waals surface area contributed by atoms with Crippen LogP contribution in [0.1, 0.15) is 51.4 Å². The average molecular weight is 361 g/mol. The Labute approximate surface area is 154 Å². The summed E-state index contributed by atoms with van der Waals surface area (Å²) in [5.74, 6) is 0.179. The van der Waals surface area contributed by atoms with E-state index in [4.69, 9.17) is 0 Å². The third kappa shape index (κ3) is 5.44. The maximum Gasteiger partial charge on any atom is 0.321 e. The summed E-state index contributed by atoms with van der Waals surface area (Å²) in [5.41, 5.74) is 0.592. The van der Waals surface area contributed by atoms with Crippen molar-refractivity contribution >= 4 is 17.6 Å². The largest absolute Gasteiger partial charge is 0.353 e. The van der Waals surface area contributed by atoms with Gasteiger partial charge in [0.2, 0.25) is 5.91 Å². The molecule has 1 aliphatic carbocycles. The number of halogens is 1. The van der Waals surface area contributed by atoms with Crippen LogP contribution in [-0.4, -0.2) is 36.0 Å². The smallest absolute Gasteiger partial charge is 0.321 e. The van der Waals surface area contributed by atoms with Gasteiger partial charge in [0.25, 0.3) is 0 Å². The molecule has 1 saturated heterocycles. The summed E-state index contributed by atoms with van der Waals surface area (Å²) in [5, 5.41) is 5.94. The van der Waals surface area contributed by atoms with Crippen molar-refractivity contribution < 1.29 is 14.0 Å². The van der Waals surface area contributed by atoms with Crippen molar-refractivity contribution in [1.29, 1.82) is 0 Å². The van der Waals surface area contributed by atoms with Crippen molar-refractivity contribution in [2.75, 3.05) is 18.4 Å². The Bertz CT molecular complexity index is 614. The fourth-order valence-corrected chi connectivity index (χ4v) is 3.93. The fraction of sp³-hybridized carbons (Fsp3) is 0.600. The monoisotopic (exact) mass is 361 g/mol. The minimum atomic E-state index is -0.322. The van der Waals surface area contributed by atoms with Gasteiger partial charge in [-0.15, -0.1) is 0 Å². The Kier molecular flexibility index (Phi) is 6.47. The number of anilines is 1. The van der Waals surface area contributed by atoms with E-state index in [-0.39, 0.29) is 17.8 Å². The lowest BCUT2D eigenvalue weighted by Gasteiger charge is -2.32. The number of benzene rings is 1. The van der Waals surface area contributed by atoms with Crippen LogP contribution in [0.4, 0.5) is 14.9 Å². The van der Waals surface area contributed by atoms with Crippen molar-refractivity contribution in [3.63, 3.8) is 0 Å². The first-order valence-electron chi connectivity index (χ1n) is 9.71. The summed E-state index contributed by atoms with van der Waals surface area (Å²) in [6, 6.07) is 5.99. The molecule has 2 aliphatic rings. The molecule has 1 aromatic rings. The third-order valence-corrected chi connectivity index (χ3v) is 5.40. The van der Waals surface area contributed by atoms with Crippen LogP contribution in [-0.2, 0) is 4.79 Å². The van der Waals surface area contributed by atoms with Gasteiger partial charge in [0, 0.05) is 31.2 Å². The van der Waals surface area contributed by atoms with Gasteiger partial charge >= 0.3 is 6.03 Å². The number of nitrogens with zero attached hydrogens (tertiary/aromatic N) is 1. The number of carbonyl (C=O) groups excluding carboxylic acids is 2. The number of hydrogen-bond donors (Lipinski definition) is 2. The summed E-state index contributed by atoms with van der Waals surface area (Å²) >= 11 is 0. The highest BCUT2D eigenvalue weighted by molar-refractivity contribution is 5.89. The molecule has 142 valence electrons. The predicted octanol–water partition coefficient (Wildman–Crippen LogP) is 3.91. The minimum Gasteiger partial charge on any atom is -0.353 e. The molecule has 0 radical (unpaired) electrons. The molecular weight excluding hydrogens is 333 g/mol. The summed E-state index contributed by atoms with van der Waals surface area (Å²) in [6.45, 7) is 1.39. The first-order chi connectivity index (χ1) is 12.6. The highest BCUT2D eigenvalue weighted by atomic mass is 19.1. The highest BCUT2D eigenvalue weighted by Gasteiger charge is 2.25. The van der Waals surface area contributed by atoms with E-state index in [1.165, 1.54) is 25.0 Å². The molecule has 2 N–H and O–H groups in total. The van der Waals surface area contributed by atoms with E-state index in [2.05, 4.69) is 10.6 Å². The number of urea groups is 1. The topological polar surface area (TPSA) is 61.4 Å². The molecule has 3 rings (SSSR count). The molecule has 1 aromatic carbocycles. The molecule has 2 fully saturated rings. The van der Waals surface area contributed by atoms with E-state index in [0.29, 0.717) is 30.6 Å². The number of amides is 3. The van der Waals surface area contributed by atoms with Crippen LogP contribution in [0.3, 0.4) is 0 Å². The van der Waals surface area contributed by atoms with Crippen molar-refractivity contribution in [2.45, 2.75) is 57.4 Å². The molecule has 1 saturated carbocycles. The van der Waals surface area contributed by atoms with Gasteiger partial charge in [0.1, 0.15) is 5.82 Å². The molecule has 26 heavy (non-hydrogen) atoms. The van der Waals surface area contributed by atoms with Crippen LogP contribution in [0.15, 0.2) is 24.3 Å². The zero-order valence-electron chi connectivity index (χ0n) is 15.2. The molecule has 0 spiro atoms. The van der Waals surface area contributed by atoms with Crippen LogP contribution in [0.2, 0.25) is 0 Å². The zero-order chi connectivity index (χ0) is 18.4. The number of hydrogen-bond acceptors (Lipinski definition) is 2. The zero-order valence-corrected chi connectivity index (χ0v) is 15.2. The second-order valence-electron chi connectivity index (χ2n) is 7.48. The fourth-order valence-electron chi connectivity index (χ4n) is 3.93. The van der Waals surface area contributed by atoms with Crippen molar-refractivity contribution in [1.82, 2.24) is 10.2 Å². The van der Waals surface area contributed by atoms with Crippen LogP contribution in [0, 0.1) is 11.7 Å². The molecule has 0 unspecified atom stereocenters. The second-order valence-corrected chi connectivity index (χ2v) is 7.48. The lowest BCUT2D eigenvalue weighted by Crippen LogP contribution is -2.42. The van der Waals surface area contributed by atoms with E-state index in [1.54, 1.807) is 17.0 Å².